The molecule has 11 heteroatoms. The summed E-state index contributed by atoms with van der Waals surface area (Å²) >= 11 is 7.16. The van der Waals surface area contributed by atoms with Gasteiger partial charge in [0.05, 0.1) is 26.4 Å². The molecule has 4 heterocycles. The average Bonchev–Trinajstić information content (AvgIpc) is 3.51. The number of aryl methyl sites for hydroxylation is 2. The fraction of sp³-hybridized carbons (Fsp3) is 0.357. The van der Waals surface area contributed by atoms with Crippen molar-refractivity contribution in [3.05, 3.63) is 62.8 Å². The summed E-state index contributed by atoms with van der Waals surface area (Å²) in [6.07, 6.45) is 0.500. The maximum atomic E-state index is 8.12. The first kappa shape index (κ1) is 32.5. The first-order chi connectivity index (χ1) is 18.9. The van der Waals surface area contributed by atoms with Crippen LogP contribution in [0.4, 0.5) is 5.69 Å². The highest BCUT2D eigenvalue weighted by Crippen LogP contribution is 2.29. The first-order valence-electron chi connectivity index (χ1n) is 12.2. The number of ether oxygens (including phenoxy) is 2. The summed E-state index contributed by atoms with van der Waals surface area (Å²) in [5.41, 5.74) is 1.33. The number of carbonyl (C=O) groups excluding carboxylic acids is 4. The van der Waals surface area contributed by atoms with Gasteiger partial charge in [-0.05, 0) is 61.0 Å². The third kappa shape index (κ3) is 11.9. The van der Waals surface area contributed by atoms with Crippen LogP contribution in [0.25, 0.3) is 20.2 Å². The summed E-state index contributed by atoms with van der Waals surface area (Å²) in [5.74, 6) is 0. The lowest BCUT2D eigenvalue weighted by Crippen LogP contribution is -2.36. The lowest BCUT2D eigenvalue weighted by atomic mass is 10.2. The summed E-state index contributed by atoms with van der Waals surface area (Å²) in [5, 5.41) is 5.86. The standard InChI is InChI=1S/C13H15NOS.C9H7BrS.C4H9NO.2CO2/c1-10-8-11-2-3-12(9-13(11)16-10)14-4-6-15-7-5-14;1-6-4-7-2-3-8(10)5-9(7)11-6;1-3-6-4-2-5-1;2*2-1-3/h2-3,8-9H,4-7H2,1H3;2-5H,1H3;5H,1-4H2;;. The van der Waals surface area contributed by atoms with Gasteiger partial charge in [-0.25, -0.2) is 0 Å². The average molecular weight is 636 g/mol. The molecule has 0 bridgehead atoms. The molecule has 0 spiro atoms. The maximum absolute atomic E-state index is 8.12. The molecule has 0 unspecified atom stereocenters. The van der Waals surface area contributed by atoms with Crippen LogP contribution in [-0.2, 0) is 28.7 Å². The van der Waals surface area contributed by atoms with Crippen molar-refractivity contribution in [2.45, 2.75) is 13.8 Å². The molecule has 6 rings (SSSR count). The second kappa shape index (κ2) is 18.5. The summed E-state index contributed by atoms with van der Waals surface area (Å²) < 4.78 is 14.3. The molecule has 2 aliphatic heterocycles. The molecule has 2 fully saturated rings. The Kier molecular flexibility index (Phi) is 15.5. The second-order valence-electron chi connectivity index (χ2n) is 8.25. The van der Waals surface area contributed by atoms with Gasteiger partial charge in [0.25, 0.3) is 0 Å². The maximum Gasteiger partial charge on any atom is 0.373 e. The van der Waals surface area contributed by atoms with E-state index >= 15 is 0 Å². The molecule has 39 heavy (non-hydrogen) atoms. The summed E-state index contributed by atoms with van der Waals surface area (Å²) in [6.45, 7) is 11.9. The number of benzene rings is 2. The van der Waals surface area contributed by atoms with E-state index in [1.807, 2.05) is 22.7 Å². The van der Waals surface area contributed by atoms with E-state index in [1.165, 1.54) is 35.6 Å². The zero-order valence-electron chi connectivity index (χ0n) is 21.9. The minimum Gasteiger partial charge on any atom is -0.379 e. The van der Waals surface area contributed by atoms with Gasteiger partial charge in [0.15, 0.2) is 0 Å². The smallest absolute Gasteiger partial charge is 0.373 e. The van der Waals surface area contributed by atoms with E-state index in [-0.39, 0.29) is 12.3 Å². The summed E-state index contributed by atoms with van der Waals surface area (Å²) in [6, 6.07) is 17.6. The number of hydrogen-bond acceptors (Lipinski definition) is 10. The highest BCUT2D eigenvalue weighted by molar-refractivity contribution is 9.10. The molecular formula is C28H31BrN2O6S2. The van der Waals surface area contributed by atoms with E-state index in [9.17, 15) is 0 Å². The number of morpholine rings is 2. The largest absolute Gasteiger partial charge is 0.379 e. The lowest BCUT2D eigenvalue weighted by Gasteiger charge is -2.28. The number of thiophene rings is 2. The Bertz CT molecular complexity index is 1330. The normalized spacial score (nSPS) is 14.1. The predicted octanol–water partition coefficient (Wildman–Crippen LogP) is 5.46. The van der Waals surface area contributed by atoms with Crippen molar-refractivity contribution in [1.82, 2.24) is 5.32 Å². The molecule has 4 aromatic rings. The molecular weight excluding hydrogens is 604 g/mol. The van der Waals surface area contributed by atoms with E-state index in [0.717, 1.165) is 57.1 Å². The number of fused-ring (bicyclic) bond motifs is 2. The van der Waals surface area contributed by atoms with Crippen LogP contribution in [0.15, 0.2) is 53.0 Å². The fourth-order valence-corrected chi connectivity index (χ4v) is 6.26. The lowest BCUT2D eigenvalue weighted by molar-refractivity contribution is -0.193. The van der Waals surface area contributed by atoms with Crippen LogP contribution in [0, 0.1) is 13.8 Å². The minimum atomic E-state index is 0.250. The van der Waals surface area contributed by atoms with Crippen LogP contribution in [0.3, 0.4) is 0 Å². The minimum absolute atomic E-state index is 0.250. The number of nitrogens with one attached hydrogen (secondary N) is 1. The van der Waals surface area contributed by atoms with Crippen LogP contribution in [0.2, 0.25) is 0 Å². The quantitative estimate of drug-likeness (QED) is 0.295. The summed E-state index contributed by atoms with van der Waals surface area (Å²) in [7, 11) is 0. The van der Waals surface area contributed by atoms with E-state index < -0.39 is 0 Å². The predicted molar refractivity (Wildman–Crippen MR) is 158 cm³/mol. The molecule has 2 aliphatic rings. The molecule has 2 saturated heterocycles. The molecule has 2 aromatic heterocycles. The van der Waals surface area contributed by atoms with Crippen molar-refractivity contribution in [1.29, 1.82) is 0 Å². The van der Waals surface area contributed by atoms with Gasteiger partial charge < -0.3 is 19.7 Å². The van der Waals surface area contributed by atoms with E-state index in [0.29, 0.717) is 0 Å². The van der Waals surface area contributed by atoms with Gasteiger partial charge in [0, 0.05) is 55.5 Å². The van der Waals surface area contributed by atoms with Crippen LogP contribution in [0.1, 0.15) is 9.75 Å². The Morgan fingerprint density at radius 1 is 0.744 bits per heavy atom. The topological polar surface area (TPSA) is 102 Å². The van der Waals surface area contributed by atoms with Gasteiger partial charge in [0.1, 0.15) is 0 Å². The van der Waals surface area contributed by atoms with Crippen LogP contribution < -0.4 is 10.2 Å². The van der Waals surface area contributed by atoms with Gasteiger partial charge in [-0.3, -0.25) is 0 Å². The van der Waals surface area contributed by atoms with Crippen molar-refractivity contribution >= 4 is 76.8 Å². The number of halogens is 1. The van der Waals surface area contributed by atoms with E-state index in [1.54, 1.807) is 0 Å². The van der Waals surface area contributed by atoms with Crippen LogP contribution in [0.5, 0.6) is 0 Å². The molecule has 0 saturated carbocycles. The van der Waals surface area contributed by atoms with Gasteiger partial charge in [-0.2, -0.15) is 19.2 Å². The Hall–Kier alpha value is -2.72. The van der Waals surface area contributed by atoms with Crippen molar-refractivity contribution in [3.8, 4) is 0 Å². The molecule has 0 amide bonds. The molecule has 0 radical (unpaired) electrons. The van der Waals surface area contributed by atoms with Gasteiger partial charge in [-0.1, -0.05) is 28.1 Å². The number of anilines is 1. The Balaban J connectivity index is 0.000000201. The molecule has 1 N–H and O–H groups in total. The third-order valence-electron chi connectivity index (χ3n) is 5.45. The number of nitrogens with zero attached hydrogens (tertiary/aromatic N) is 1. The molecule has 8 nitrogen and oxygen atoms in total. The van der Waals surface area contributed by atoms with Crippen molar-refractivity contribution in [2.75, 3.05) is 57.5 Å². The molecule has 2 aromatic carbocycles. The number of rotatable bonds is 1. The van der Waals surface area contributed by atoms with Gasteiger partial charge in [-0.15, -0.1) is 22.7 Å². The van der Waals surface area contributed by atoms with Crippen molar-refractivity contribution < 1.29 is 28.7 Å². The second-order valence-corrected chi connectivity index (χ2v) is 11.7. The van der Waals surface area contributed by atoms with E-state index in [2.05, 4.69) is 88.5 Å². The van der Waals surface area contributed by atoms with Crippen LogP contribution >= 0.6 is 38.6 Å². The highest BCUT2D eigenvalue weighted by atomic mass is 79.9. The molecule has 208 valence electrons. The zero-order valence-corrected chi connectivity index (χ0v) is 25.1. The first-order valence-corrected chi connectivity index (χ1v) is 14.6. The highest BCUT2D eigenvalue weighted by Gasteiger charge is 2.11. The fourth-order valence-electron chi connectivity index (χ4n) is 3.82. The van der Waals surface area contributed by atoms with Crippen LogP contribution in [-0.4, -0.2) is 64.9 Å². The Labute approximate surface area is 244 Å². The molecule has 0 atom stereocenters. The van der Waals surface area contributed by atoms with Crippen molar-refractivity contribution in [2.24, 2.45) is 0 Å². The van der Waals surface area contributed by atoms with Gasteiger partial charge >= 0.3 is 12.3 Å². The Morgan fingerprint density at radius 2 is 1.23 bits per heavy atom. The SMILES string of the molecule is C1COCCN1.Cc1cc2ccc(Br)cc2s1.Cc1cc2ccc(N3CCOCC3)cc2s1.O=C=O.O=C=O. The third-order valence-corrected chi connectivity index (χ3v) is 7.97. The Morgan fingerprint density at radius 3 is 1.72 bits per heavy atom. The molecule has 0 aliphatic carbocycles. The van der Waals surface area contributed by atoms with Crippen molar-refractivity contribution in [3.63, 3.8) is 0 Å². The van der Waals surface area contributed by atoms with E-state index in [4.69, 9.17) is 28.7 Å². The zero-order chi connectivity index (χ0) is 28.5. The number of hydrogen-bond donors (Lipinski definition) is 1. The monoisotopic (exact) mass is 634 g/mol. The summed E-state index contributed by atoms with van der Waals surface area (Å²) in [4.78, 5) is 37.7. The van der Waals surface area contributed by atoms with Gasteiger partial charge in [0.2, 0.25) is 0 Å².